The van der Waals surface area contributed by atoms with E-state index in [0.717, 1.165) is 0 Å². The van der Waals surface area contributed by atoms with Crippen LogP contribution in [0.1, 0.15) is 32.3 Å². The van der Waals surface area contributed by atoms with Crippen LogP contribution in [0, 0.1) is 0 Å². The van der Waals surface area contributed by atoms with Gasteiger partial charge in [0.25, 0.3) is 5.91 Å². The van der Waals surface area contributed by atoms with Gasteiger partial charge in [-0.1, -0.05) is 26.0 Å². The molecule has 0 fully saturated rings. The molecule has 2 aromatic rings. The number of anilines is 1. The Morgan fingerprint density at radius 2 is 1.52 bits per heavy atom. The maximum Gasteiger partial charge on any atom is 0.338 e. The number of nitrogens with one attached hydrogen (secondary N) is 3. The van der Waals surface area contributed by atoms with Gasteiger partial charge in [-0.2, -0.15) is 0 Å². The van der Waals surface area contributed by atoms with E-state index in [4.69, 9.17) is 14.2 Å². The molecule has 3 amide bonds. The third-order valence-electron chi connectivity index (χ3n) is 4.18. The minimum atomic E-state index is -0.796. The highest BCUT2D eigenvalue weighted by molar-refractivity contribution is 5.93. The zero-order chi connectivity index (χ0) is 21.4. The molecule has 0 aliphatic rings. The fourth-order valence-corrected chi connectivity index (χ4v) is 2.46. The standard InChI is InChI=1S/C21H27N3O5/c1-13(2)15-6-8-16(9-7-15)29-14(3)20(25)23-24-21(26)22-18-11-10-17(27-4)12-19(18)28-5/h6-14H,1-5H3,(H,23,25)(H2,22,24,26). The Bertz CT molecular complexity index is 837. The Kier molecular flexibility index (Phi) is 7.70. The zero-order valence-electron chi connectivity index (χ0n) is 17.2. The normalized spacial score (nSPS) is 11.4. The number of amides is 3. The minimum absolute atomic E-state index is 0.414. The van der Waals surface area contributed by atoms with Crippen LogP contribution < -0.4 is 30.4 Å². The summed E-state index contributed by atoms with van der Waals surface area (Å²) >= 11 is 0. The SMILES string of the molecule is COc1ccc(NC(=O)NNC(=O)C(C)Oc2ccc(C(C)C)cc2)c(OC)c1. The number of benzene rings is 2. The van der Waals surface area contributed by atoms with Crippen molar-refractivity contribution in [2.24, 2.45) is 0 Å². The molecule has 3 N–H and O–H groups in total. The topological polar surface area (TPSA) is 97.9 Å². The molecule has 8 nitrogen and oxygen atoms in total. The quantitative estimate of drug-likeness (QED) is 0.618. The van der Waals surface area contributed by atoms with Gasteiger partial charge in [-0.15, -0.1) is 0 Å². The van der Waals surface area contributed by atoms with Crippen LogP contribution in [-0.2, 0) is 4.79 Å². The number of carbonyl (C=O) groups is 2. The highest BCUT2D eigenvalue weighted by atomic mass is 16.5. The molecule has 2 aromatic carbocycles. The first-order valence-electron chi connectivity index (χ1n) is 9.19. The molecule has 0 saturated carbocycles. The van der Waals surface area contributed by atoms with Gasteiger partial charge in [0.15, 0.2) is 6.10 Å². The van der Waals surface area contributed by atoms with E-state index >= 15 is 0 Å². The lowest BCUT2D eigenvalue weighted by Crippen LogP contribution is -2.48. The van der Waals surface area contributed by atoms with Crippen molar-refractivity contribution in [2.75, 3.05) is 19.5 Å². The maximum atomic E-state index is 12.2. The Morgan fingerprint density at radius 1 is 0.862 bits per heavy atom. The molecule has 0 spiro atoms. The fraction of sp³-hybridized carbons (Fsp3) is 0.333. The lowest BCUT2D eigenvalue weighted by molar-refractivity contribution is -0.127. The second kappa shape index (κ2) is 10.2. The molecule has 0 aliphatic carbocycles. The van der Waals surface area contributed by atoms with Gasteiger partial charge in [-0.3, -0.25) is 10.2 Å². The molecule has 0 radical (unpaired) electrons. The molecule has 0 aromatic heterocycles. The summed E-state index contributed by atoms with van der Waals surface area (Å²) in [6.07, 6.45) is -0.796. The number of hydrazine groups is 1. The van der Waals surface area contributed by atoms with Gasteiger partial charge in [-0.25, -0.2) is 10.2 Å². The van der Waals surface area contributed by atoms with Crippen molar-refractivity contribution in [3.05, 3.63) is 48.0 Å². The minimum Gasteiger partial charge on any atom is -0.497 e. The maximum absolute atomic E-state index is 12.2. The lowest BCUT2D eigenvalue weighted by Gasteiger charge is -2.16. The molecular formula is C21H27N3O5. The van der Waals surface area contributed by atoms with Crippen LogP contribution in [-0.4, -0.2) is 32.3 Å². The number of rotatable bonds is 7. The van der Waals surface area contributed by atoms with Crippen LogP contribution in [0.3, 0.4) is 0 Å². The first kappa shape index (κ1) is 21.9. The van der Waals surface area contributed by atoms with Crippen molar-refractivity contribution < 1.29 is 23.8 Å². The first-order valence-corrected chi connectivity index (χ1v) is 9.19. The second-order valence-electron chi connectivity index (χ2n) is 6.62. The predicted molar refractivity (Wildman–Crippen MR) is 110 cm³/mol. The van der Waals surface area contributed by atoms with E-state index in [1.807, 2.05) is 24.3 Å². The molecule has 2 rings (SSSR count). The van der Waals surface area contributed by atoms with E-state index in [-0.39, 0.29) is 0 Å². The molecule has 29 heavy (non-hydrogen) atoms. The number of ether oxygens (including phenoxy) is 3. The predicted octanol–water partition coefficient (Wildman–Crippen LogP) is 3.45. The number of methoxy groups -OCH3 is 2. The zero-order valence-corrected chi connectivity index (χ0v) is 17.2. The summed E-state index contributed by atoms with van der Waals surface area (Å²) in [5.74, 6) is 1.51. The summed E-state index contributed by atoms with van der Waals surface area (Å²) in [4.78, 5) is 24.2. The van der Waals surface area contributed by atoms with Crippen molar-refractivity contribution in [2.45, 2.75) is 32.8 Å². The fourth-order valence-electron chi connectivity index (χ4n) is 2.46. The summed E-state index contributed by atoms with van der Waals surface area (Å²) in [5.41, 5.74) is 6.21. The van der Waals surface area contributed by atoms with E-state index < -0.39 is 18.0 Å². The van der Waals surface area contributed by atoms with Crippen molar-refractivity contribution in [1.29, 1.82) is 0 Å². The Labute approximate surface area is 170 Å². The van der Waals surface area contributed by atoms with Gasteiger partial charge >= 0.3 is 6.03 Å². The number of carbonyl (C=O) groups excluding carboxylic acids is 2. The molecule has 0 heterocycles. The number of urea groups is 1. The van der Waals surface area contributed by atoms with Crippen LogP contribution in [0.5, 0.6) is 17.2 Å². The lowest BCUT2D eigenvalue weighted by atomic mass is 10.0. The van der Waals surface area contributed by atoms with E-state index in [1.54, 1.807) is 25.1 Å². The molecule has 0 aliphatic heterocycles. The Balaban J connectivity index is 1.85. The van der Waals surface area contributed by atoms with Gasteiger partial charge in [0, 0.05) is 6.07 Å². The molecule has 156 valence electrons. The molecule has 1 unspecified atom stereocenters. The first-order chi connectivity index (χ1) is 13.8. The van der Waals surface area contributed by atoms with Crippen LogP contribution in [0.25, 0.3) is 0 Å². The Hall–Kier alpha value is -3.42. The van der Waals surface area contributed by atoms with E-state index in [9.17, 15) is 9.59 Å². The monoisotopic (exact) mass is 401 g/mol. The van der Waals surface area contributed by atoms with E-state index in [1.165, 1.54) is 19.8 Å². The van der Waals surface area contributed by atoms with Crippen molar-refractivity contribution in [3.63, 3.8) is 0 Å². The van der Waals surface area contributed by atoms with Crippen LogP contribution in [0.2, 0.25) is 0 Å². The van der Waals surface area contributed by atoms with Gasteiger partial charge in [0.1, 0.15) is 17.2 Å². The summed E-state index contributed by atoms with van der Waals surface area (Å²) < 4.78 is 15.9. The highest BCUT2D eigenvalue weighted by Gasteiger charge is 2.16. The summed E-state index contributed by atoms with van der Waals surface area (Å²) in [7, 11) is 3.01. The molecular weight excluding hydrogens is 374 g/mol. The van der Waals surface area contributed by atoms with E-state index in [0.29, 0.717) is 28.9 Å². The van der Waals surface area contributed by atoms with E-state index in [2.05, 4.69) is 30.0 Å². The Morgan fingerprint density at radius 3 is 2.10 bits per heavy atom. The van der Waals surface area contributed by atoms with Gasteiger partial charge in [-0.05, 0) is 42.7 Å². The van der Waals surface area contributed by atoms with Crippen LogP contribution >= 0.6 is 0 Å². The largest absolute Gasteiger partial charge is 0.497 e. The molecule has 0 saturated heterocycles. The van der Waals surface area contributed by atoms with Gasteiger partial charge in [0.05, 0.1) is 19.9 Å². The third-order valence-corrected chi connectivity index (χ3v) is 4.18. The average molecular weight is 401 g/mol. The van der Waals surface area contributed by atoms with Crippen LogP contribution in [0.4, 0.5) is 10.5 Å². The average Bonchev–Trinajstić information content (AvgIpc) is 2.72. The van der Waals surface area contributed by atoms with Crippen molar-refractivity contribution in [1.82, 2.24) is 10.9 Å². The van der Waals surface area contributed by atoms with Crippen molar-refractivity contribution >= 4 is 17.6 Å². The smallest absolute Gasteiger partial charge is 0.338 e. The molecule has 1 atom stereocenters. The van der Waals surface area contributed by atoms with Gasteiger partial charge < -0.3 is 19.5 Å². The summed E-state index contributed by atoms with van der Waals surface area (Å²) in [6.45, 7) is 5.80. The van der Waals surface area contributed by atoms with Crippen LogP contribution in [0.15, 0.2) is 42.5 Å². The second-order valence-corrected chi connectivity index (χ2v) is 6.62. The highest BCUT2D eigenvalue weighted by Crippen LogP contribution is 2.28. The van der Waals surface area contributed by atoms with Crippen molar-refractivity contribution in [3.8, 4) is 17.2 Å². The molecule has 8 heteroatoms. The number of hydrogen-bond donors (Lipinski definition) is 3. The number of hydrogen-bond acceptors (Lipinski definition) is 5. The third kappa shape index (κ3) is 6.31. The summed E-state index contributed by atoms with van der Waals surface area (Å²) in [6, 6.07) is 11.9. The molecule has 0 bridgehead atoms. The summed E-state index contributed by atoms with van der Waals surface area (Å²) in [5, 5.41) is 2.59. The van der Waals surface area contributed by atoms with Gasteiger partial charge in [0.2, 0.25) is 0 Å².